The summed E-state index contributed by atoms with van der Waals surface area (Å²) in [5.41, 5.74) is 0.881. The molecule has 0 aromatic rings. The van der Waals surface area contributed by atoms with Gasteiger partial charge in [0.05, 0.1) is 5.71 Å². The molecule has 1 rings (SSSR count). The Morgan fingerprint density at radius 2 is 2.58 bits per heavy atom. The van der Waals surface area contributed by atoms with E-state index in [-0.39, 0.29) is 5.91 Å². The summed E-state index contributed by atoms with van der Waals surface area (Å²) in [7, 11) is 0. The number of carbonyl (C=O) groups excluding carboxylic acids is 1. The molecule has 1 aliphatic rings. The van der Waals surface area contributed by atoms with Crippen LogP contribution in [0.15, 0.2) is 5.16 Å². The fourth-order valence-corrected chi connectivity index (χ4v) is 0.999. The lowest BCUT2D eigenvalue weighted by Crippen LogP contribution is -2.34. The normalized spacial score (nSPS) is 21.5. The molecule has 1 N–H and O–H groups in total. The molecular weight excluding hydrogens is 156 g/mol. The minimum Gasteiger partial charge on any atom is -0.382 e. The maximum absolute atomic E-state index is 11.2. The molecule has 4 heteroatoms. The van der Waals surface area contributed by atoms with Gasteiger partial charge in [-0.25, -0.2) is 0 Å². The molecule has 68 valence electrons. The van der Waals surface area contributed by atoms with Crippen LogP contribution in [0.1, 0.15) is 26.7 Å². The van der Waals surface area contributed by atoms with E-state index in [4.69, 9.17) is 4.84 Å². The van der Waals surface area contributed by atoms with Crippen molar-refractivity contribution in [2.45, 2.75) is 32.8 Å². The highest BCUT2D eigenvalue weighted by Gasteiger charge is 2.25. The first-order valence-electron chi connectivity index (χ1n) is 4.21. The zero-order valence-electron chi connectivity index (χ0n) is 7.46. The van der Waals surface area contributed by atoms with Gasteiger partial charge in [-0.1, -0.05) is 12.1 Å². The van der Waals surface area contributed by atoms with Gasteiger partial charge in [0.25, 0.3) is 5.91 Å². The Labute approximate surface area is 72.0 Å². The van der Waals surface area contributed by atoms with E-state index < -0.39 is 6.10 Å². The molecule has 0 saturated carbocycles. The highest BCUT2D eigenvalue weighted by Crippen LogP contribution is 2.09. The Kier molecular flexibility index (Phi) is 3.08. The number of oxime groups is 1. The quantitative estimate of drug-likeness (QED) is 0.677. The molecule has 0 spiro atoms. The van der Waals surface area contributed by atoms with Crippen molar-refractivity contribution in [3.63, 3.8) is 0 Å². The van der Waals surface area contributed by atoms with Crippen LogP contribution in [-0.4, -0.2) is 24.3 Å². The molecule has 0 fully saturated rings. The molecule has 0 aromatic heterocycles. The topological polar surface area (TPSA) is 50.7 Å². The van der Waals surface area contributed by atoms with Crippen LogP contribution in [0.4, 0.5) is 0 Å². The first-order valence-corrected chi connectivity index (χ1v) is 4.21. The van der Waals surface area contributed by atoms with Gasteiger partial charge in [-0.2, -0.15) is 0 Å². The second-order valence-electron chi connectivity index (χ2n) is 2.92. The molecule has 1 amide bonds. The van der Waals surface area contributed by atoms with Crippen molar-refractivity contribution in [3.8, 4) is 0 Å². The van der Waals surface area contributed by atoms with Gasteiger partial charge in [-0.05, 0) is 13.3 Å². The number of carbonyl (C=O) groups is 1. The van der Waals surface area contributed by atoms with E-state index in [0.29, 0.717) is 13.0 Å². The third-order valence-corrected chi connectivity index (χ3v) is 1.66. The summed E-state index contributed by atoms with van der Waals surface area (Å²) in [6.45, 7) is 4.57. The minimum absolute atomic E-state index is 0.0579. The van der Waals surface area contributed by atoms with E-state index in [9.17, 15) is 4.79 Å². The number of nitrogens with one attached hydrogen (secondary N) is 1. The summed E-state index contributed by atoms with van der Waals surface area (Å²) < 4.78 is 0. The highest BCUT2D eigenvalue weighted by atomic mass is 16.6. The lowest BCUT2D eigenvalue weighted by atomic mass is 10.2. The summed E-state index contributed by atoms with van der Waals surface area (Å²) in [6, 6.07) is 0. The predicted octanol–water partition coefficient (Wildman–Crippen LogP) is 0.677. The number of rotatable bonds is 3. The molecule has 1 heterocycles. The lowest BCUT2D eigenvalue weighted by Gasteiger charge is -2.07. The van der Waals surface area contributed by atoms with Crippen molar-refractivity contribution in [2.75, 3.05) is 6.54 Å². The molecule has 1 atom stereocenters. The maximum atomic E-state index is 11.2. The van der Waals surface area contributed by atoms with Crippen LogP contribution in [-0.2, 0) is 9.63 Å². The van der Waals surface area contributed by atoms with Crippen molar-refractivity contribution < 1.29 is 9.63 Å². The molecular formula is C8H14N2O2. The molecule has 0 unspecified atom stereocenters. The van der Waals surface area contributed by atoms with Gasteiger partial charge >= 0.3 is 0 Å². The Balaban J connectivity index is 2.26. The van der Waals surface area contributed by atoms with E-state index >= 15 is 0 Å². The third kappa shape index (κ3) is 2.22. The lowest BCUT2D eigenvalue weighted by molar-refractivity contribution is -0.131. The van der Waals surface area contributed by atoms with E-state index in [1.165, 1.54) is 0 Å². The van der Waals surface area contributed by atoms with Crippen LogP contribution in [0, 0.1) is 0 Å². The number of nitrogens with zero attached hydrogens (tertiary/aromatic N) is 1. The van der Waals surface area contributed by atoms with Gasteiger partial charge in [-0.3, -0.25) is 4.79 Å². The van der Waals surface area contributed by atoms with Crippen LogP contribution in [0.3, 0.4) is 0 Å². The van der Waals surface area contributed by atoms with Gasteiger partial charge in [0.15, 0.2) is 0 Å². The number of amides is 1. The Morgan fingerprint density at radius 3 is 3.08 bits per heavy atom. The fraction of sp³-hybridized carbons (Fsp3) is 0.750. The van der Waals surface area contributed by atoms with Crippen molar-refractivity contribution in [1.82, 2.24) is 5.32 Å². The van der Waals surface area contributed by atoms with Gasteiger partial charge in [0.2, 0.25) is 6.10 Å². The van der Waals surface area contributed by atoms with Gasteiger partial charge in [0.1, 0.15) is 0 Å². The average molecular weight is 170 g/mol. The smallest absolute Gasteiger partial charge is 0.264 e. The predicted molar refractivity (Wildman–Crippen MR) is 45.9 cm³/mol. The minimum atomic E-state index is -0.392. The van der Waals surface area contributed by atoms with Crippen molar-refractivity contribution >= 4 is 11.6 Å². The zero-order valence-corrected chi connectivity index (χ0v) is 7.46. The SMILES string of the molecule is CCCNC(=O)[C@@H]1CC(C)=NO1. The van der Waals surface area contributed by atoms with Gasteiger partial charge in [-0.15, -0.1) is 0 Å². The molecule has 0 aliphatic carbocycles. The first-order chi connectivity index (χ1) is 5.74. The Bertz CT molecular complexity index is 201. The molecule has 0 aromatic carbocycles. The molecule has 0 radical (unpaired) electrons. The summed E-state index contributed by atoms with van der Waals surface area (Å²) >= 11 is 0. The Morgan fingerprint density at radius 1 is 1.83 bits per heavy atom. The van der Waals surface area contributed by atoms with E-state index in [1.807, 2.05) is 13.8 Å². The molecule has 0 bridgehead atoms. The summed E-state index contributed by atoms with van der Waals surface area (Å²) in [5, 5.41) is 6.46. The summed E-state index contributed by atoms with van der Waals surface area (Å²) in [5.74, 6) is -0.0579. The maximum Gasteiger partial charge on any atom is 0.264 e. The van der Waals surface area contributed by atoms with E-state index in [0.717, 1.165) is 12.1 Å². The molecule has 0 saturated heterocycles. The zero-order chi connectivity index (χ0) is 8.97. The van der Waals surface area contributed by atoms with E-state index in [2.05, 4.69) is 10.5 Å². The third-order valence-electron chi connectivity index (χ3n) is 1.66. The Hall–Kier alpha value is -1.06. The summed E-state index contributed by atoms with van der Waals surface area (Å²) in [6.07, 6.45) is 1.17. The van der Waals surface area contributed by atoms with Crippen LogP contribution in [0.2, 0.25) is 0 Å². The van der Waals surface area contributed by atoms with Crippen LogP contribution in [0.25, 0.3) is 0 Å². The van der Waals surface area contributed by atoms with Crippen molar-refractivity contribution in [2.24, 2.45) is 5.16 Å². The van der Waals surface area contributed by atoms with Crippen LogP contribution < -0.4 is 5.32 Å². The van der Waals surface area contributed by atoms with Crippen LogP contribution >= 0.6 is 0 Å². The second-order valence-corrected chi connectivity index (χ2v) is 2.92. The summed E-state index contributed by atoms with van der Waals surface area (Å²) in [4.78, 5) is 16.1. The van der Waals surface area contributed by atoms with Gasteiger partial charge < -0.3 is 10.2 Å². The number of hydrogen-bond acceptors (Lipinski definition) is 3. The number of hydrogen-bond donors (Lipinski definition) is 1. The fourth-order valence-electron chi connectivity index (χ4n) is 0.999. The van der Waals surface area contributed by atoms with Gasteiger partial charge in [0, 0.05) is 13.0 Å². The molecule has 4 nitrogen and oxygen atoms in total. The average Bonchev–Trinajstić information content (AvgIpc) is 2.47. The van der Waals surface area contributed by atoms with Crippen LogP contribution in [0.5, 0.6) is 0 Å². The monoisotopic (exact) mass is 170 g/mol. The largest absolute Gasteiger partial charge is 0.382 e. The highest BCUT2D eigenvalue weighted by molar-refractivity contribution is 5.91. The van der Waals surface area contributed by atoms with Crippen molar-refractivity contribution in [3.05, 3.63) is 0 Å². The molecule has 1 aliphatic heterocycles. The first kappa shape index (κ1) is 9.03. The second kappa shape index (κ2) is 4.09. The van der Waals surface area contributed by atoms with E-state index in [1.54, 1.807) is 0 Å². The molecule has 12 heavy (non-hydrogen) atoms. The standard InChI is InChI=1S/C8H14N2O2/c1-3-4-9-8(11)7-5-6(2)10-12-7/h7H,3-5H2,1-2H3,(H,9,11)/t7-/m0/s1. The van der Waals surface area contributed by atoms with Crippen molar-refractivity contribution in [1.29, 1.82) is 0 Å².